The highest BCUT2D eigenvalue weighted by Crippen LogP contribution is 2.55. The van der Waals surface area contributed by atoms with E-state index in [0.29, 0.717) is 73.2 Å². The average Bonchev–Trinajstić information content (AvgIpc) is 1.56. The monoisotopic (exact) mass is 1350 g/mol. The lowest BCUT2D eigenvalue weighted by Crippen LogP contribution is -2.33. The fraction of sp³-hybridized carbons (Fsp3) is 0.598. The molecule has 4 aliphatic rings. The molecule has 0 spiro atoms. The number of aromatic nitrogens is 4. The molecule has 0 saturated carbocycles. The van der Waals surface area contributed by atoms with Gasteiger partial charge in [0.2, 0.25) is 0 Å². The Morgan fingerprint density at radius 2 is 0.979 bits per heavy atom. The number of aryl methyl sites for hydroxylation is 4. The van der Waals surface area contributed by atoms with Gasteiger partial charge in [-0.25, -0.2) is 15.0 Å². The summed E-state index contributed by atoms with van der Waals surface area (Å²) in [5.74, 6) is 13.9. The number of thiol groups is 1. The van der Waals surface area contributed by atoms with Crippen molar-refractivity contribution >= 4 is 35.3 Å². The fourth-order valence-electron chi connectivity index (χ4n) is 16.7. The summed E-state index contributed by atoms with van der Waals surface area (Å²) in [6.45, 7) is 46.4. The molecule has 3 heterocycles. The first kappa shape index (κ1) is 75.3. The lowest BCUT2D eigenvalue weighted by atomic mass is 9.61. The molecule has 11 rings (SSSR count). The van der Waals surface area contributed by atoms with E-state index in [1.165, 1.54) is 76.6 Å². The molecule has 4 aromatic carbocycles. The molecule has 8 atom stereocenters. The zero-order valence-electron chi connectivity index (χ0n) is 62.0. The first-order valence-corrected chi connectivity index (χ1v) is 37.7. The highest BCUT2D eigenvalue weighted by Gasteiger charge is 2.43. The van der Waals surface area contributed by atoms with Crippen LogP contribution in [0, 0.1) is 69.5 Å². The van der Waals surface area contributed by atoms with E-state index in [-0.39, 0.29) is 16.2 Å². The Bertz CT molecular complexity index is 3500. The predicted octanol–water partition coefficient (Wildman–Crippen LogP) is 22.4. The molecule has 13 heteroatoms. The van der Waals surface area contributed by atoms with Gasteiger partial charge in [-0.3, -0.25) is 0 Å². The average molecular weight is 1350 g/mol. The maximum Gasteiger partial charge on any atom is 0.165 e. The van der Waals surface area contributed by atoms with Crippen LogP contribution in [-0.2, 0) is 45.6 Å². The first-order valence-electron chi connectivity index (χ1n) is 35.5. The molecule has 95 heavy (non-hydrogen) atoms. The zero-order chi connectivity index (χ0) is 69.3. The number of rotatable bonds is 17. The van der Waals surface area contributed by atoms with Crippen molar-refractivity contribution in [3.05, 3.63) is 151 Å². The van der Waals surface area contributed by atoms with E-state index in [1.54, 1.807) is 56.5 Å². The number of ether oxygens (including phenoxy) is 6. The van der Waals surface area contributed by atoms with E-state index >= 15 is 0 Å². The molecule has 7 aromatic rings. The lowest BCUT2D eigenvalue weighted by Gasteiger charge is -2.44. The van der Waals surface area contributed by atoms with Crippen LogP contribution in [0.3, 0.4) is 0 Å². The maximum atomic E-state index is 6.06. The Hall–Kier alpha value is -5.50. The molecule has 0 fully saturated rings. The van der Waals surface area contributed by atoms with Crippen molar-refractivity contribution < 1.29 is 28.4 Å². The Morgan fingerprint density at radius 3 is 1.43 bits per heavy atom. The number of fused-ring (bicyclic) bond motifs is 4. The van der Waals surface area contributed by atoms with Crippen molar-refractivity contribution in [3.63, 3.8) is 0 Å². The van der Waals surface area contributed by atoms with E-state index in [1.807, 2.05) is 33.2 Å². The minimum Gasteiger partial charge on any atom is -0.496 e. The van der Waals surface area contributed by atoms with Crippen molar-refractivity contribution in [2.45, 2.75) is 231 Å². The van der Waals surface area contributed by atoms with E-state index in [4.69, 9.17) is 28.4 Å². The summed E-state index contributed by atoms with van der Waals surface area (Å²) in [5.41, 5.74) is 15.3. The van der Waals surface area contributed by atoms with E-state index in [2.05, 4.69) is 214 Å². The van der Waals surface area contributed by atoms with Crippen LogP contribution in [0.5, 0.6) is 34.5 Å². The summed E-state index contributed by atoms with van der Waals surface area (Å²) in [7, 11) is 5.19. The van der Waals surface area contributed by atoms with Crippen LogP contribution >= 0.6 is 35.3 Å². The topological polar surface area (TPSA) is 99.0 Å². The first-order chi connectivity index (χ1) is 44.9. The molecule has 0 amide bonds. The second-order valence-corrected chi connectivity index (χ2v) is 34.6. The van der Waals surface area contributed by atoms with Crippen LogP contribution in [0.15, 0.2) is 101 Å². The largest absolute Gasteiger partial charge is 0.496 e. The van der Waals surface area contributed by atoms with Gasteiger partial charge < -0.3 is 33.0 Å². The van der Waals surface area contributed by atoms with Gasteiger partial charge >= 0.3 is 0 Å². The number of nitrogens with zero attached hydrogens (tertiary/aromatic N) is 4. The number of benzene rings is 4. The van der Waals surface area contributed by atoms with Gasteiger partial charge in [0.15, 0.2) is 29.7 Å². The Balaban J connectivity index is 0.000000163. The molecule has 8 unspecified atom stereocenters. The zero-order valence-corrected chi connectivity index (χ0v) is 64.6. The fourth-order valence-corrected chi connectivity index (χ4v) is 18.1. The third kappa shape index (κ3) is 18.8. The van der Waals surface area contributed by atoms with Gasteiger partial charge in [0.05, 0.1) is 38.9 Å². The number of methoxy groups -OCH3 is 3. The molecule has 0 saturated heterocycles. The second-order valence-electron chi connectivity index (χ2n) is 32.4. The second kappa shape index (κ2) is 32.9. The van der Waals surface area contributed by atoms with E-state index in [0.717, 1.165) is 93.0 Å². The van der Waals surface area contributed by atoms with Crippen molar-refractivity contribution in [2.24, 2.45) is 69.5 Å². The van der Waals surface area contributed by atoms with Crippen LogP contribution in [0.25, 0.3) is 0 Å². The molecule has 4 aliphatic carbocycles. The van der Waals surface area contributed by atoms with Gasteiger partial charge in [-0.2, -0.15) is 0 Å². The number of imidazole rings is 1. The maximum absolute atomic E-state index is 6.06. The Kier molecular flexibility index (Phi) is 26.1. The molecule has 0 radical (unpaired) electrons. The smallest absolute Gasteiger partial charge is 0.165 e. The van der Waals surface area contributed by atoms with Crippen molar-refractivity contribution in [3.8, 4) is 34.5 Å². The quantitative estimate of drug-likeness (QED) is 0.0894. The number of hydrogen-bond donors (Lipinski definition) is 1. The van der Waals surface area contributed by atoms with Gasteiger partial charge in [-0.1, -0.05) is 138 Å². The normalized spacial score (nSPS) is 20.8. The molecule has 3 aromatic heterocycles. The standard InChI is InChI=1S/C22H31NO2S.C21H30N2O.C21H29NO2S.C18H28OS/c1-14(2)16-8-7-15-11-19(25-13-20-23-9-10-26-20)18(24-6)12-17(15)21(16)22(3,4)5;1-15(2)18-8-6-16-12-17(24-14-23-11-10-22-13-23)7-9-19(16)20(18)21(3,4)5;1-13(2)17-7-6-15-8-20(24-10-16-11-25-12-22-16)19(23-5)9-18(15)21(17)14(3)4;1-11(2)13-8-7-12-9-16(20)15(19-6)10-14(12)17(13)18(3,4)5/h9-12,14,16,21H,7-8,13H2,1-6H3;7,9-13,15,18,20H,6,8,14H2,1-5H3;8-9,11-14,17,21H,6-7,10H2,1-5H3;9-11,13,17,20H,7-8H2,1-6H3. The van der Waals surface area contributed by atoms with Gasteiger partial charge in [0, 0.05) is 34.2 Å². The minimum absolute atomic E-state index is 0.221. The summed E-state index contributed by atoms with van der Waals surface area (Å²) in [6, 6.07) is 20.0. The van der Waals surface area contributed by atoms with E-state index in [9.17, 15) is 0 Å². The van der Waals surface area contributed by atoms with Crippen molar-refractivity contribution in [1.29, 1.82) is 0 Å². The molecule has 10 nitrogen and oxygen atoms in total. The molecular formula is C82H118N4O6S3. The Morgan fingerprint density at radius 1 is 0.505 bits per heavy atom. The molecule has 0 N–H and O–H groups in total. The van der Waals surface area contributed by atoms with E-state index < -0.39 is 0 Å². The van der Waals surface area contributed by atoms with Crippen LogP contribution in [0.2, 0.25) is 0 Å². The lowest BCUT2D eigenvalue weighted by molar-refractivity contribution is 0.169. The van der Waals surface area contributed by atoms with Crippen molar-refractivity contribution in [2.75, 3.05) is 21.3 Å². The van der Waals surface area contributed by atoms with Gasteiger partial charge in [0.1, 0.15) is 29.7 Å². The Labute approximate surface area is 587 Å². The van der Waals surface area contributed by atoms with Crippen LogP contribution in [-0.4, -0.2) is 40.8 Å². The van der Waals surface area contributed by atoms with Crippen LogP contribution in [0.1, 0.15) is 236 Å². The number of hydrogen-bond acceptors (Lipinski definition) is 12. The highest BCUT2D eigenvalue weighted by atomic mass is 32.1. The molecular weight excluding hydrogens is 1230 g/mol. The summed E-state index contributed by atoms with van der Waals surface area (Å²) < 4.78 is 36.8. The summed E-state index contributed by atoms with van der Waals surface area (Å²) in [6.07, 6.45) is 16.9. The summed E-state index contributed by atoms with van der Waals surface area (Å²) in [5, 5.41) is 4.98. The SMILES string of the molecule is CC(C)C1CCc2cc(OCn3ccnc3)ccc2C1C(C)(C)C.COc1cc2c(cc1OCc1cscn1)CCC(C(C)C)C2C(C)C.COc1cc2c(cc1OCc1nccs1)CCC(C(C)C)C2C(C)(C)C.COc1cc2c(cc1S)CCC(C(C)C)C2C(C)(C)C. The molecule has 0 bridgehead atoms. The third-order valence-electron chi connectivity index (χ3n) is 21.1. The molecule has 0 aliphatic heterocycles. The van der Waals surface area contributed by atoms with Crippen molar-refractivity contribution in [1.82, 2.24) is 19.5 Å². The molecule has 520 valence electrons. The predicted molar refractivity (Wildman–Crippen MR) is 399 cm³/mol. The summed E-state index contributed by atoms with van der Waals surface area (Å²) >= 11 is 7.76. The summed E-state index contributed by atoms with van der Waals surface area (Å²) in [4.78, 5) is 13.6. The minimum atomic E-state index is 0.221. The van der Waals surface area contributed by atoms with Gasteiger partial charge in [-0.05, 0) is 238 Å². The third-order valence-corrected chi connectivity index (χ3v) is 22.8. The van der Waals surface area contributed by atoms with Gasteiger partial charge in [0.25, 0.3) is 0 Å². The van der Waals surface area contributed by atoms with Gasteiger partial charge in [-0.15, -0.1) is 35.3 Å². The number of thiazole rings is 2. The van der Waals surface area contributed by atoms with Crippen LogP contribution in [0.4, 0.5) is 0 Å². The van der Waals surface area contributed by atoms with Crippen LogP contribution < -0.4 is 28.4 Å². The highest BCUT2D eigenvalue weighted by molar-refractivity contribution is 7.80.